The molecular weight excluding hydrogens is 379 g/mol. The zero-order valence-corrected chi connectivity index (χ0v) is 15.5. The summed E-state index contributed by atoms with van der Waals surface area (Å²) in [5, 5.41) is 11.0. The van der Waals surface area contributed by atoms with Gasteiger partial charge in [-0.2, -0.15) is 18.3 Å². The van der Waals surface area contributed by atoms with Crippen LogP contribution in [0.2, 0.25) is 0 Å². The third kappa shape index (κ3) is 2.84. The van der Waals surface area contributed by atoms with E-state index in [4.69, 9.17) is 0 Å². The summed E-state index contributed by atoms with van der Waals surface area (Å²) >= 11 is 0.957. The molecule has 0 bridgehead atoms. The second-order valence-electron chi connectivity index (χ2n) is 6.38. The van der Waals surface area contributed by atoms with Gasteiger partial charge in [0.05, 0.1) is 11.4 Å². The van der Waals surface area contributed by atoms with Crippen molar-refractivity contribution >= 4 is 33.1 Å². The molecule has 0 aliphatic carbocycles. The number of anilines is 1. The SMILES string of the molecule is CCn1cc([C@@H]2NC(=O)c3sc4nc(C(F)(F)F)cc(C)c4c3N2)c(C)n1. The maximum atomic E-state index is 13.1. The number of nitrogens with zero attached hydrogens (tertiary/aromatic N) is 3. The number of hydrogen-bond donors (Lipinski definition) is 2. The predicted octanol–water partition coefficient (Wildman–Crippen LogP) is 4.00. The van der Waals surface area contributed by atoms with E-state index in [0.717, 1.165) is 28.7 Å². The number of halogens is 3. The van der Waals surface area contributed by atoms with Crippen LogP contribution in [-0.4, -0.2) is 20.7 Å². The lowest BCUT2D eigenvalue weighted by Gasteiger charge is -2.26. The van der Waals surface area contributed by atoms with Crippen molar-refractivity contribution in [2.45, 2.75) is 39.7 Å². The highest BCUT2D eigenvalue weighted by molar-refractivity contribution is 7.21. The van der Waals surface area contributed by atoms with Crippen molar-refractivity contribution in [2.24, 2.45) is 0 Å². The smallest absolute Gasteiger partial charge is 0.360 e. The molecule has 0 unspecified atom stereocenters. The number of nitrogens with one attached hydrogen (secondary N) is 2. The Morgan fingerprint density at radius 3 is 2.67 bits per heavy atom. The van der Waals surface area contributed by atoms with Gasteiger partial charge < -0.3 is 10.6 Å². The van der Waals surface area contributed by atoms with Gasteiger partial charge >= 0.3 is 6.18 Å². The fourth-order valence-electron chi connectivity index (χ4n) is 3.24. The molecule has 0 saturated carbocycles. The highest BCUT2D eigenvalue weighted by atomic mass is 32.1. The molecule has 1 amide bonds. The van der Waals surface area contributed by atoms with Gasteiger partial charge in [0.15, 0.2) is 0 Å². The third-order valence-corrected chi connectivity index (χ3v) is 5.62. The Balaban J connectivity index is 1.83. The Labute approximate surface area is 156 Å². The van der Waals surface area contributed by atoms with Crippen LogP contribution in [0.3, 0.4) is 0 Å². The summed E-state index contributed by atoms with van der Waals surface area (Å²) in [6, 6.07) is 1.01. The second-order valence-corrected chi connectivity index (χ2v) is 7.38. The van der Waals surface area contributed by atoms with Gasteiger partial charge in [0.1, 0.15) is 21.6 Å². The molecule has 0 saturated heterocycles. The Bertz CT molecular complexity index is 1070. The molecule has 4 rings (SSSR count). The zero-order chi connectivity index (χ0) is 19.5. The van der Waals surface area contributed by atoms with Crippen molar-refractivity contribution < 1.29 is 18.0 Å². The molecule has 1 aliphatic rings. The molecule has 6 nitrogen and oxygen atoms in total. The second kappa shape index (κ2) is 5.95. The molecule has 142 valence electrons. The van der Waals surface area contributed by atoms with Crippen LogP contribution in [-0.2, 0) is 12.7 Å². The minimum Gasteiger partial charge on any atom is -0.360 e. The standard InChI is InChI=1S/C17H16F3N5OS/c1-4-25-6-9(8(3)24-25)14-22-12-11-7(2)5-10(17(18,19)20)21-16(11)27-13(12)15(26)23-14/h5-6,14,22H,4H2,1-3H3,(H,23,26)/t14-/m0/s1. The maximum Gasteiger partial charge on any atom is 0.433 e. The van der Waals surface area contributed by atoms with Gasteiger partial charge in [-0.05, 0) is 32.4 Å². The number of aryl methyl sites for hydroxylation is 3. The van der Waals surface area contributed by atoms with Gasteiger partial charge in [-0.3, -0.25) is 9.48 Å². The van der Waals surface area contributed by atoms with Crippen LogP contribution >= 0.6 is 11.3 Å². The number of hydrogen-bond acceptors (Lipinski definition) is 5. The number of carbonyl (C=O) groups excluding carboxylic acids is 1. The van der Waals surface area contributed by atoms with Crippen LogP contribution in [0.4, 0.5) is 18.9 Å². The number of thiophene rings is 1. The molecule has 1 atom stereocenters. The first-order chi connectivity index (χ1) is 12.7. The average molecular weight is 395 g/mol. The Morgan fingerprint density at radius 1 is 1.30 bits per heavy atom. The Kier molecular flexibility index (Phi) is 3.91. The molecule has 3 aromatic heterocycles. The minimum atomic E-state index is -4.53. The van der Waals surface area contributed by atoms with Crippen molar-refractivity contribution in [3.63, 3.8) is 0 Å². The molecule has 1 aliphatic heterocycles. The molecule has 0 radical (unpaired) electrons. The van der Waals surface area contributed by atoms with Gasteiger partial charge in [0.2, 0.25) is 0 Å². The number of carbonyl (C=O) groups is 1. The first-order valence-corrected chi connectivity index (χ1v) is 9.13. The summed E-state index contributed by atoms with van der Waals surface area (Å²) in [5.74, 6) is -0.339. The molecule has 2 N–H and O–H groups in total. The quantitative estimate of drug-likeness (QED) is 0.688. The molecule has 27 heavy (non-hydrogen) atoms. The molecule has 0 spiro atoms. The Hall–Kier alpha value is -2.62. The highest BCUT2D eigenvalue weighted by Gasteiger charge is 2.36. The topological polar surface area (TPSA) is 71.8 Å². The van der Waals surface area contributed by atoms with Crippen molar-refractivity contribution in [1.82, 2.24) is 20.1 Å². The van der Waals surface area contributed by atoms with E-state index in [9.17, 15) is 18.0 Å². The molecular formula is C17H16F3N5OS. The molecule has 4 heterocycles. The first-order valence-electron chi connectivity index (χ1n) is 8.31. The van der Waals surface area contributed by atoms with Gasteiger partial charge in [0.25, 0.3) is 5.91 Å². The number of alkyl halides is 3. The van der Waals surface area contributed by atoms with Crippen molar-refractivity contribution in [2.75, 3.05) is 5.32 Å². The van der Waals surface area contributed by atoms with Crippen LogP contribution in [0.25, 0.3) is 10.2 Å². The first kappa shape index (κ1) is 17.8. The third-order valence-electron chi connectivity index (χ3n) is 4.54. The monoisotopic (exact) mass is 395 g/mol. The van der Waals surface area contributed by atoms with E-state index in [1.807, 2.05) is 20.0 Å². The van der Waals surface area contributed by atoms with E-state index in [1.54, 1.807) is 11.6 Å². The van der Waals surface area contributed by atoms with Crippen LogP contribution in [0, 0.1) is 13.8 Å². The van der Waals surface area contributed by atoms with E-state index in [2.05, 4.69) is 20.7 Å². The van der Waals surface area contributed by atoms with Crippen LogP contribution in [0.1, 0.15) is 45.3 Å². The number of amides is 1. The summed E-state index contributed by atoms with van der Waals surface area (Å²) in [4.78, 5) is 16.9. The normalized spacial score (nSPS) is 17.0. The largest absolute Gasteiger partial charge is 0.433 e. The van der Waals surface area contributed by atoms with E-state index in [-0.39, 0.29) is 10.7 Å². The molecule has 0 aromatic carbocycles. The summed E-state index contributed by atoms with van der Waals surface area (Å²) in [6.07, 6.45) is -3.20. The molecule has 0 fully saturated rings. The average Bonchev–Trinajstić information content (AvgIpc) is 3.14. The minimum absolute atomic E-state index is 0.191. The van der Waals surface area contributed by atoms with Crippen LogP contribution in [0.5, 0.6) is 0 Å². The summed E-state index contributed by atoms with van der Waals surface area (Å²) in [5.41, 5.74) is 1.57. The van der Waals surface area contributed by atoms with Gasteiger partial charge in [-0.1, -0.05) is 0 Å². The fraction of sp³-hybridized carbons (Fsp3) is 0.353. The molecule has 10 heteroatoms. The summed E-state index contributed by atoms with van der Waals surface area (Å²) in [6.45, 7) is 6.09. The van der Waals surface area contributed by atoms with Gasteiger partial charge in [-0.15, -0.1) is 11.3 Å². The van der Waals surface area contributed by atoms with E-state index >= 15 is 0 Å². The molecule has 3 aromatic rings. The fourth-order valence-corrected chi connectivity index (χ4v) is 4.35. The lowest BCUT2D eigenvalue weighted by atomic mass is 10.1. The number of fused-ring (bicyclic) bond motifs is 3. The maximum absolute atomic E-state index is 13.1. The van der Waals surface area contributed by atoms with Crippen molar-refractivity contribution in [3.8, 4) is 0 Å². The van der Waals surface area contributed by atoms with Crippen LogP contribution < -0.4 is 10.6 Å². The summed E-state index contributed by atoms with van der Waals surface area (Å²) < 4.78 is 40.9. The summed E-state index contributed by atoms with van der Waals surface area (Å²) in [7, 11) is 0. The predicted molar refractivity (Wildman–Crippen MR) is 95.8 cm³/mol. The lowest BCUT2D eigenvalue weighted by Crippen LogP contribution is -2.37. The van der Waals surface area contributed by atoms with E-state index in [0.29, 0.717) is 28.1 Å². The number of aromatic nitrogens is 3. The zero-order valence-electron chi connectivity index (χ0n) is 14.7. The van der Waals surface area contributed by atoms with E-state index < -0.39 is 18.0 Å². The van der Waals surface area contributed by atoms with Gasteiger partial charge in [0, 0.05) is 23.7 Å². The van der Waals surface area contributed by atoms with Crippen molar-refractivity contribution in [1.29, 1.82) is 0 Å². The van der Waals surface area contributed by atoms with Gasteiger partial charge in [-0.25, -0.2) is 4.98 Å². The highest BCUT2D eigenvalue weighted by Crippen LogP contribution is 2.42. The Morgan fingerprint density at radius 2 is 2.04 bits per heavy atom. The number of rotatable bonds is 2. The van der Waals surface area contributed by atoms with Crippen molar-refractivity contribution in [3.05, 3.63) is 39.7 Å². The number of pyridine rings is 1. The van der Waals surface area contributed by atoms with E-state index in [1.165, 1.54) is 0 Å². The van der Waals surface area contributed by atoms with Crippen LogP contribution in [0.15, 0.2) is 12.3 Å². The lowest BCUT2D eigenvalue weighted by molar-refractivity contribution is -0.141.